The van der Waals surface area contributed by atoms with Gasteiger partial charge in [-0.25, -0.2) is 0 Å². The van der Waals surface area contributed by atoms with E-state index in [1.165, 1.54) is 113 Å². The van der Waals surface area contributed by atoms with Crippen LogP contribution < -0.4 is 26.2 Å². The Morgan fingerprint density at radius 2 is 0.931 bits per heavy atom. The van der Waals surface area contributed by atoms with E-state index in [0.717, 1.165) is 17.1 Å². The minimum Gasteiger partial charge on any atom is -0.310 e. The van der Waals surface area contributed by atoms with Crippen LogP contribution in [0.3, 0.4) is 0 Å². The number of nitrogens with zero attached hydrogens (tertiary/aromatic N) is 3. The first-order valence-electron chi connectivity index (χ1n) is 25.8. The van der Waals surface area contributed by atoms with Gasteiger partial charge < -0.3 is 14.4 Å². The van der Waals surface area contributed by atoms with Crippen LogP contribution in [0.25, 0.3) is 57.1 Å². The molecule has 0 N–H and O–H groups in total. The second-order valence-corrected chi connectivity index (χ2v) is 26.8. The van der Waals surface area contributed by atoms with Crippen molar-refractivity contribution in [3.8, 4) is 5.69 Å². The van der Waals surface area contributed by atoms with E-state index in [0.29, 0.717) is 0 Å². The third kappa shape index (κ3) is 6.81. The number of para-hydroxylation sites is 1. The molecule has 0 aliphatic carbocycles. The predicted molar refractivity (Wildman–Crippen MR) is 318 cm³/mol. The molecule has 0 saturated heterocycles. The molecule has 8 aromatic carbocycles. The summed E-state index contributed by atoms with van der Waals surface area (Å²) in [5.41, 5.74) is 20.4. The maximum atomic E-state index is 2.67. The van der Waals surface area contributed by atoms with Gasteiger partial charge in [-0.3, -0.25) is 0 Å². The molecule has 2 aliphatic heterocycles. The number of rotatable bonds is 4. The van der Waals surface area contributed by atoms with Gasteiger partial charge in [0, 0.05) is 59.4 Å². The van der Waals surface area contributed by atoms with Crippen molar-refractivity contribution in [2.45, 2.75) is 105 Å². The van der Waals surface area contributed by atoms with E-state index in [1.807, 2.05) is 22.7 Å². The number of benzene rings is 8. The van der Waals surface area contributed by atoms with Gasteiger partial charge in [-0.15, -0.1) is 22.7 Å². The average Bonchev–Trinajstić information content (AvgIpc) is 4.01. The maximum Gasteiger partial charge on any atom is 0.252 e. The molecule has 0 bridgehead atoms. The van der Waals surface area contributed by atoms with Crippen molar-refractivity contribution in [2.24, 2.45) is 0 Å². The minimum atomic E-state index is -0.0666. The lowest BCUT2D eigenvalue weighted by Crippen LogP contribution is -2.60. The monoisotopic (exact) mass is 971 g/mol. The van der Waals surface area contributed by atoms with E-state index in [4.69, 9.17) is 0 Å². The summed E-state index contributed by atoms with van der Waals surface area (Å²) in [5, 5.41) is 5.25. The third-order valence-electron chi connectivity index (χ3n) is 15.8. The number of hydrogen-bond donors (Lipinski definition) is 0. The Kier molecular flexibility index (Phi) is 9.72. The van der Waals surface area contributed by atoms with Gasteiger partial charge in [-0.2, -0.15) is 0 Å². The largest absolute Gasteiger partial charge is 0.310 e. The number of fused-ring (bicyclic) bond motifs is 12. The summed E-state index contributed by atoms with van der Waals surface area (Å²) in [6, 6.07) is 61.5. The van der Waals surface area contributed by atoms with E-state index in [1.54, 1.807) is 0 Å². The second kappa shape index (κ2) is 15.5. The van der Waals surface area contributed by atoms with Gasteiger partial charge in [0.2, 0.25) is 0 Å². The number of thiophene rings is 2. The molecular weight excluding hydrogens is 910 g/mol. The van der Waals surface area contributed by atoms with Gasteiger partial charge in [0.25, 0.3) is 6.71 Å². The summed E-state index contributed by atoms with van der Waals surface area (Å²) in [6.45, 7) is 27.9. The van der Waals surface area contributed by atoms with Crippen molar-refractivity contribution in [1.29, 1.82) is 0 Å². The molecule has 5 heterocycles. The molecule has 0 amide bonds. The fourth-order valence-corrected chi connectivity index (χ4v) is 14.3. The smallest absolute Gasteiger partial charge is 0.252 e. The van der Waals surface area contributed by atoms with Crippen molar-refractivity contribution in [3.05, 3.63) is 180 Å². The molecular formula is C66H62BN3S2. The molecule has 0 fully saturated rings. The maximum absolute atomic E-state index is 2.67. The van der Waals surface area contributed by atoms with Gasteiger partial charge in [0.15, 0.2) is 0 Å². The summed E-state index contributed by atoms with van der Waals surface area (Å²) in [5.74, 6) is 0. The molecule has 3 aromatic heterocycles. The standard InChI is InChI=1S/C66H62BN3S2/c1-63(2,3)39-23-29-43(30-24-39)68(44-31-25-40(26-32-44)64(4,5)6)45-37-54-58-55(38-45)70-59-49(62-60(70)48-17-13-14-22-56(48)71-62)19-15-20-51(59)67(58)50-34-28-41(65(7,8)9)35-53(50)69(54)52-21-16-18-47-46-33-27-42(66(10,11)12)36-57(46)72-61(47)52/h13-38H,1-12H3. The highest BCUT2D eigenvalue weighted by Crippen LogP contribution is 2.51. The SMILES string of the molecule is CC(C)(C)c1ccc(N(c2ccc(C(C)(C)C)cc2)c2cc3c4c(c2)-n2c5c(cccc5c5sc6ccccc6c52)B4c2ccc(C(C)(C)C)cc2N3c2cccc3c2sc2cc(C(C)(C)C)ccc23)cc1. The zero-order valence-corrected chi connectivity index (χ0v) is 45.4. The fraction of sp³-hybridized carbons (Fsp3) is 0.242. The minimum absolute atomic E-state index is 0.0114. The first-order chi connectivity index (χ1) is 34.2. The molecule has 356 valence electrons. The Hall–Kier alpha value is -6.60. The molecule has 11 aromatic rings. The van der Waals surface area contributed by atoms with E-state index in [-0.39, 0.29) is 28.4 Å². The van der Waals surface area contributed by atoms with Gasteiger partial charge in [-0.1, -0.05) is 180 Å². The van der Waals surface area contributed by atoms with Crippen LogP contribution in [0.2, 0.25) is 0 Å². The van der Waals surface area contributed by atoms with Crippen molar-refractivity contribution >= 4 is 131 Å². The summed E-state index contributed by atoms with van der Waals surface area (Å²) in [6.07, 6.45) is 0. The van der Waals surface area contributed by atoms with Gasteiger partial charge in [-0.05, 0) is 121 Å². The zero-order valence-electron chi connectivity index (χ0n) is 43.7. The molecule has 72 heavy (non-hydrogen) atoms. The number of hydrogen-bond acceptors (Lipinski definition) is 4. The first-order valence-corrected chi connectivity index (χ1v) is 27.4. The molecule has 0 saturated carbocycles. The Morgan fingerprint density at radius 3 is 1.60 bits per heavy atom. The van der Waals surface area contributed by atoms with Gasteiger partial charge in [0.05, 0.1) is 31.8 Å². The quantitative estimate of drug-likeness (QED) is 0.163. The lowest BCUT2D eigenvalue weighted by atomic mass is 9.33. The average molecular weight is 972 g/mol. The van der Waals surface area contributed by atoms with Crippen LogP contribution in [0.5, 0.6) is 0 Å². The van der Waals surface area contributed by atoms with Crippen molar-refractivity contribution in [1.82, 2.24) is 4.57 Å². The van der Waals surface area contributed by atoms with Crippen LogP contribution in [0.15, 0.2) is 158 Å². The normalized spacial score (nSPS) is 13.8. The summed E-state index contributed by atoms with van der Waals surface area (Å²) in [7, 11) is 0. The van der Waals surface area contributed by atoms with Crippen LogP contribution in [-0.4, -0.2) is 11.3 Å². The number of anilines is 6. The Bertz CT molecular complexity index is 3970. The lowest BCUT2D eigenvalue weighted by Gasteiger charge is -2.42. The molecule has 3 nitrogen and oxygen atoms in total. The molecule has 0 unspecified atom stereocenters. The van der Waals surface area contributed by atoms with E-state index >= 15 is 0 Å². The first kappa shape index (κ1) is 45.3. The highest BCUT2D eigenvalue weighted by Gasteiger charge is 2.44. The topological polar surface area (TPSA) is 11.4 Å². The molecule has 6 heteroatoms. The van der Waals surface area contributed by atoms with Crippen molar-refractivity contribution < 1.29 is 0 Å². The fourth-order valence-electron chi connectivity index (χ4n) is 11.8. The van der Waals surface area contributed by atoms with Crippen LogP contribution in [0.1, 0.15) is 105 Å². The van der Waals surface area contributed by atoms with Gasteiger partial charge in [0.1, 0.15) is 0 Å². The molecule has 0 spiro atoms. The summed E-state index contributed by atoms with van der Waals surface area (Å²) in [4.78, 5) is 5.19. The molecule has 13 rings (SSSR count). The third-order valence-corrected chi connectivity index (χ3v) is 18.2. The Labute approximate surface area is 433 Å². The van der Waals surface area contributed by atoms with E-state index < -0.39 is 0 Å². The van der Waals surface area contributed by atoms with Crippen molar-refractivity contribution in [3.63, 3.8) is 0 Å². The highest BCUT2D eigenvalue weighted by atomic mass is 32.1. The molecule has 2 aliphatic rings. The van der Waals surface area contributed by atoms with E-state index in [9.17, 15) is 0 Å². The lowest BCUT2D eigenvalue weighted by molar-refractivity contribution is 0.590. The second-order valence-electron chi connectivity index (χ2n) is 24.7. The highest BCUT2D eigenvalue weighted by molar-refractivity contribution is 7.27. The van der Waals surface area contributed by atoms with E-state index in [2.05, 4.69) is 255 Å². The van der Waals surface area contributed by atoms with Crippen LogP contribution in [0.4, 0.5) is 34.1 Å². The van der Waals surface area contributed by atoms with Crippen molar-refractivity contribution in [2.75, 3.05) is 9.80 Å². The number of aromatic nitrogens is 1. The Morgan fingerprint density at radius 1 is 0.375 bits per heavy atom. The van der Waals surface area contributed by atoms with Crippen LogP contribution in [0, 0.1) is 0 Å². The summed E-state index contributed by atoms with van der Waals surface area (Å²) >= 11 is 3.87. The molecule has 0 atom stereocenters. The van der Waals surface area contributed by atoms with Crippen LogP contribution >= 0.6 is 22.7 Å². The van der Waals surface area contributed by atoms with Crippen LogP contribution in [-0.2, 0) is 21.7 Å². The molecule has 0 radical (unpaired) electrons. The Balaban J connectivity index is 1.18. The summed E-state index contributed by atoms with van der Waals surface area (Å²) < 4.78 is 7.97. The zero-order chi connectivity index (χ0) is 50.0. The predicted octanol–water partition coefficient (Wildman–Crippen LogP) is 17.6. The van der Waals surface area contributed by atoms with Gasteiger partial charge >= 0.3 is 0 Å².